The topological polar surface area (TPSA) is 40.6 Å². The monoisotopic (exact) mass is 324 g/mol. The molecular weight excluding hydrogens is 296 g/mol. The van der Waals surface area contributed by atoms with Crippen LogP contribution in [0.1, 0.15) is 46.5 Å². The van der Waals surface area contributed by atoms with Gasteiger partial charge in [-0.1, -0.05) is 33.6 Å². The van der Waals surface area contributed by atoms with E-state index in [4.69, 9.17) is 11.6 Å². The molecule has 4 nitrogen and oxygen atoms in total. The van der Waals surface area contributed by atoms with Crippen LogP contribution in [0.3, 0.4) is 0 Å². The maximum atomic E-state index is 12.7. The molecule has 0 bridgehead atoms. The lowest BCUT2D eigenvalue weighted by Crippen LogP contribution is -2.48. The van der Waals surface area contributed by atoms with Crippen molar-refractivity contribution in [3.63, 3.8) is 0 Å². The zero-order valence-corrected chi connectivity index (χ0v) is 14.6. The zero-order valence-electron chi connectivity index (χ0n) is 13.0. The molecule has 1 aliphatic heterocycles. The van der Waals surface area contributed by atoms with Gasteiger partial charge in [0.05, 0.1) is 0 Å². The van der Waals surface area contributed by atoms with Crippen LogP contribution in [0.25, 0.3) is 0 Å². The van der Waals surface area contributed by atoms with Crippen LogP contribution in [0.15, 0.2) is 0 Å². The van der Waals surface area contributed by atoms with Crippen molar-refractivity contribution in [3.05, 3.63) is 0 Å². The molecule has 20 heavy (non-hydrogen) atoms. The van der Waals surface area contributed by atoms with E-state index in [9.17, 15) is 8.42 Å². The Hall–Kier alpha value is 0.160. The molecule has 0 aromatic rings. The van der Waals surface area contributed by atoms with E-state index in [0.717, 1.165) is 25.7 Å². The van der Waals surface area contributed by atoms with Gasteiger partial charge in [-0.2, -0.15) is 17.0 Å². The smallest absolute Gasteiger partial charge is 0.195 e. The third-order valence-corrected chi connectivity index (χ3v) is 6.93. The Balaban J connectivity index is 2.70. The predicted octanol–water partition coefficient (Wildman–Crippen LogP) is 2.94. The number of hydrogen-bond acceptors (Lipinski definition) is 2. The number of alkyl halides is 1. The number of piperidine rings is 1. The highest BCUT2D eigenvalue weighted by atomic mass is 35.5. The van der Waals surface area contributed by atoms with Gasteiger partial charge in [0.25, 0.3) is 10.2 Å². The first kappa shape index (κ1) is 18.2. The fourth-order valence-corrected chi connectivity index (χ4v) is 4.71. The van der Waals surface area contributed by atoms with Crippen LogP contribution < -0.4 is 0 Å². The van der Waals surface area contributed by atoms with Crippen LogP contribution in [-0.2, 0) is 10.2 Å². The van der Waals surface area contributed by atoms with Crippen molar-refractivity contribution >= 4 is 21.8 Å². The van der Waals surface area contributed by atoms with E-state index in [1.165, 1.54) is 0 Å². The first-order valence-electron chi connectivity index (χ1n) is 7.80. The molecule has 0 aliphatic carbocycles. The van der Waals surface area contributed by atoms with E-state index in [1.54, 1.807) is 8.61 Å². The molecule has 1 fully saturated rings. The maximum Gasteiger partial charge on any atom is 0.281 e. The van der Waals surface area contributed by atoms with E-state index in [-0.39, 0.29) is 0 Å². The lowest BCUT2D eigenvalue weighted by Gasteiger charge is -2.35. The summed E-state index contributed by atoms with van der Waals surface area (Å²) in [7, 11) is -3.30. The van der Waals surface area contributed by atoms with E-state index < -0.39 is 10.2 Å². The summed E-state index contributed by atoms with van der Waals surface area (Å²) in [5, 5.41) is 0. The number of nitrogens with zero attached hydrogens (tertiary/aromatic N) is 2. The quantitative estimate of drug-likeness (QED) is 0.644. The van der Waals surface area contributed by atoms with Crippen molar-refractivity contribution in [1.29, 1.82) is 0 Å². The fraction of sp³-hybridized carbons (Fsp3) is 1.00. The Morgan fingerprint density at radius 2 is 1.75 bits per heavy atom. The first-order chi connectivity index (χ1) is 9.49. The van der Waals surface area contributed by atoms with E-state index in [1.807, 2.05) is 6.92 Å². The van der Waals surface area contributed by atoms with E-state index in [0.29, 0.717) is 43.9 Å². The molecule has 0 aromatic carbocycles. The minimum Gasteiger partial charge on any atom is -0.195 e. The lowest BCUT2D eigenvalue weighted by molar-refractivity contribution is 0.255. The molecule has 0 amide bonds. The minimum atomic E-state index is -3.30. The summed E-state index contributed by atoms with van der Waals surface area (Å²) in [5.74, 6) is 1.56. The molecule has 1 heterocycles. The van der Waals surface area contributed by atoms with Gasteiger partial charge < -0.3 is 0 Å². The maximum absolute atomic E-state index is 12.7. The molecule has 0 spiro atoms. The molecule has 6 heteroatoms. The summed E-state index contributed by atoms with van der Waals surface area (Å²) in [6, 6.07) is 0. The van der Waals surface area contributed by atoms with Gasteiger partial charge in [-0.15, -0.1) is 11.6 Å². The summed E-state index contributed by atoms with van der Waals surface area (Å²) < 4.78 is 28.7. The van der Waals surface area contributed by atoms with Gasteiger partial charge in [0.15, 0.2) is 0 Å². The Kier molecular flexibility index (Phi) is 7.80. The molecule has 0 aromatic heterocycles. The van der Waals surface area contributed by atoms with Gasteiger partial charge in [-0.05, 0) is 24.7 Å². The largest absolute Gasteiger partial charge is 0.281 e. The molecular formula is C14H29ClN2O2S. The Bertz CT molecular complexity index is 363. The molecule has 0 saturated carbocycles. The molecule has 0 radical (unpaired) electrons. The minimum absolute atomic E-state index is 0.449. The number of halogens is 1. The molecule has 0 unspecified atom stereocenters. The molecule has 0 atom stereocenters. The summed E-state index contributed by atoms with van der Waals surface area (Å²) >= 11 is 5.86. The van der Waals surface area contributed by atoms with Crippen LogP contribution in [0.2, 0.25) is 0 Å². The van der Waals surface area contributed by atoms with Gasteiger partial charge in [0.2, 0.25) is 0 Å². The normalized spacial score (nSPS) is 19.1. The highest BCUT2D eigenvalue weighted by Gasteiger charge is 2.32. The number of hydrogen-bond donors (Lipinski definition) is 0. The van der Waals surface area contributed by atoms with Gasteiger partial charge in [-0.3, -0.25) is 0 Å². The molecule has 120 valence electrons. The summed E-state index contributed by atoms with van der Waals surface area (Å²) in [6.07, 6.45) is 3.81. The van der Waals surface area contributed by atoms with Crippen molar-refractivity contribution in [1.82, 2.24) is 8.61 Å². The van der Waals surface area contributed by atoms with E-state index >= 15 is 0 Å². The SMILES string of the molecule is CCC(CC)CN(CC)S(=O)(=O)N1CCC(CCl)CC1. The molecule has 1 aliphatic rings. The second-order valence-electron chi connectivity index (χ2n) is 5.64. The zero-order chi connectivity index (χ0) is 15.2. The van der Waals surface area contributed by atoms with Crippen molar-refractivity contribution in [2.45, 2.75) is 46.5 Å². The Labute approximate surface area is 129 Å². The average Bonchev–Trinajstić information content (AvgIpc) is 2.48. The second-order valence-corrected chi connectivity index (χ2v) is 7.87. The van der Waals surface area contributed by atoms with E-state index in [2.05, 4.69) is 13.8 Å². The Morgan fingerprint density at radius 3 is 2.15 bits per heavy atom. The van der Waals surface area contributed by atoms with Gasteiger partial charge >= 0.3 is 0 Å². The summed E-state index contributed by atoms with van der Waals surface area (Å²) in [5.41, 5.74) is 0. The van der Waals surface area contributed by atoms with Gasteiger partial charge in [0.1, 0.15) is 0 Å². The lowest BCUT2D eigenvalue weighted by atomic mass is 10.0. The van der Waals surface area contributed by atoms with Gasteiger partial charge in [-0.25, -0.2) is 0 Å². The Morgan fingerprint density at radius 1 is 1.20 bits per heavy atom. The summed E-state index contributed by atoms with van der Waals surface area (Å²) in [4.78, 5) is 0. The molecule has 1 saturated heterocycles. The second kappa shape index (κ2) is 8.57. The average molecular weight is 325 g/mol. The predicted molar refractivity (Wildman–Crippen MR) is 85.3 cm³/mol. The number of rotatable bonds is 8. The van der Waals surface area contributed by atoms with Crippen LogP contribution >= 0.6 is 11.6 Å². The third kappa shape index (κ3) is 4.58. The third-order valence-electron chi connectivity index (χ3n) is 4.41. The van der Waals surface area contributed by atoms with Crippen molar-refractivity contribution in [3.8, 4) is 0 Å². The van der Waals surface area contributed by atoms with Crippen molar-refractivity contribution in [2.75, 3.05) is 32.1 Å². The molecule has 1 rings (SSSR count). The van der Waals surface area contributed by atoms with Gasteiger partial charge in [0, 0.05) is 32.1 Å². The highest BCUT2D eigenvalue weighted by molar-refractivity contribution is 7.86. The first-order valence-corrected chi connectivity index (χ1v) is 9.73. The standard InChI is InChI=1S/C14H29ClN2O2S/c1-4-13(5-2)12-16(6-3)20(18,19)17-9-7-14(11-15)8-10-17/h13-14H,4-12H2,1-3H3. The van der Waals surface area contributed by atoms with Crippen LogP contribution in [0.5, 0.6) is 0 Å². The fourth-order valence-electron chi connectivity index (χ4n) is 2.68. The molecule has 0 N–H and O–H groups in total. The van der Waals surface area contributed by atoms with Crippen LogP contribution in [0, 0.1) is 11.8 Å². The van der Waals surface area contributed by atoms with Crippen LogP contribution in [-0.4, -0.2) is 49.1 Å². The van der Waals surface area contributed by atoms with Crippen molar-refractivity contribution < 1.29 is 8.42 Å². The van der Waals surface area contributed by atoms with Crippen LogP contribution in [0.4, 0.5) is 0 Å². The van der Waals surface area contributed by atoms with Crippen molar-refractivity contribution in [2.24, 2.45) is 11.8 Å². The highest BCUT2D eigenvalue weighted by Crippen LogP contribution is 2.23. The summed E-state index contributed by atoms with van der Waals surface area (Å²) in [6.45, 7) is 8.58.